The first-order valence-electron chi connectivity index (χ1n) is 3.08. The molecule has 2 N–H and O–H groups in total. The largest absolute Gasteiger partial charge is 0.378 e. The fourth-order valence-electron chi connectivity index (χ4n) is 0.687. The Labute approximate surface area is 96.2 Å². The number of hydrogen-bond acceptors (Lipinski definition) is 1. The van der Waals surface area contributed by atoms with Crippen LogP contribution in [0.2, 0.25) is 5.02 Å². The maximum absolute atomic E-state index is 12.6. The zero-order valence-corrected chi connectivity index (χ0v) is 9.73. The number of aliphatic imine (C=N–C) groups is 1. The Hall–Kier alpha value is -0.260. The van der Waals surface area contributed by atoms with Crippen LogP contribution in [0.15, 0.2) is 23.2 Å². The van der Waals surface area contributed by atoms with E-state index < -0.39 is 5.82 Å². The topological polar surface area (TPSA) is 38.4 Å². The quantitative estimate of drug-likeness (QED) is 0.465. The molecule has 0 saturated carbocycles. The predicted octanol–water partition coefficient (Wildman–Crippen LogP) is 2.93. The highest BCUT2D eigenvalue weighted by molar-refractivity contribution is 8.93. The van der Waals surface area contributed by atoms with E-state index in [0.29, 0.717) is 5.69 Å². The van der Waals surface area contributed by atoms with E-state index in [4.69, 9.17) is 17.3 Å². The van der Waals surface area contributed by atoms with Crippen molar-refractivity contribution < 1.29 is 4.39 Å². The van der Waals surface area contributed by atoms with E-state index in [2.05, 4.69) is 17.6 Å². The maximum atomic E-state index is 12.6. The lowest BCUT2D eigenvalue weighted by Crippen LogP contribution is -2.00. The number of nitrogens with two attached hydrogens (primary N) is 1. The second-order valence-corrected chi connectivity index (χ2v) is 2.93. The lowest BCUT2D eigenvalue weighted by molar-refractivity contribution is 0.628. The first-order chi connectivity index (χ1) is 5.59. The van der Waals surface area contributed by atoms with Crippen molar-refractivity contribution in [2.75, 3.05) is 0 Å². The Bertz CT molecular complexity index is 328. The van der Waals surface area contributed by atoms with Crippen LogP contribution in [0, 0.1) is 5.82 Å². The summed E-state index contributed by atoms with van der Waals surface area (Å²) >= 11 is 9.25. The van der Waals surface area contributed by atoms with Crippen molar-refractivity contribution >= 4 is 52.1 Å². The Balaban J connectivity index is 0.00000144. The third kappa shape index (κ3) is 3.97. The molecule has 2 nitrogen and oxygen atoms in total. The van der Waals surface area contributed by atoms with Crippen LogP contribution in [0.5, 0.6) is 0 Å². The summed E-state index contributed by atoms with van der Waals surface area (Å²) in [5.41, 5.74) is 5.67. The second-order valence-electron chi connectivity index (χ2n) is 2.07. The molecule has 0 aromatic heterocycles. The number of rotatable bonds is 1. The fraction of sp³-hybridized carbons (Fsp3) is 0. The van der Waals surface area contributed by atoms with E-state index >= 15 is 0 Å². The third-order valence-electron chi connectivity index (χ3n) is 1.15. The predicted molar refractivity (Wildman–Crippen MR) is 62.0 cm³/mol. The Morgan fingerprint density at radius 1 is 1.54 bits per heavy atom. The van der Waals surface area contributed by atoms with Gasteiger partial charge < -0.3 is 5.73 Å². The molecule has 0 fully saturated rings. The van der Waals surface area contributed by atoms with Gasteiger partial charge in [0.05, 0.1) is 10.7 Å². The highest BCUT2D eigenvalue weighted by Crippen LogP contribution is 2.21. The molecule has 0 bridgehead atoms. The van der Waals surface area contributed by atoms with Crippen molar-refractivity contribution in [3.63, 3.8) is 0 Å². The number of halogens is 3. The van der Waals surface area contributed by atoms with Crippen LogP contribution in [0.3, 0.4) is 0 Å². The van der Waals surface area contributed by atoms with Crippen molar-refractivity contribution in [2.24, 2.45) is 10.7 Å². The lowest BCUT2D eigenvalue weighted by Gasteiger charge is -1.96. The molecule has 0 saturated heterocycles. The second kappa shape index (κ2) is 5.47. The summed E-state index contributed by atoms with van der Waals surface area (Å²) in [5.74, 6) is -0.478. The van der Waals surface area contributed by atoms with E-state index in [1.807, 2.05) is 0 Å². The molecule has 0 atom stereocenters. The number of amidine groups is 1. The Morgan fingerprint density at radius 3 is 2.62 bits per heavy atom. The van der Waals surface area contributed by atoms with Gasteiger partial charge in [-0.1, -0.05) is 11.6 Å². The number of thiol groups is 1. The highest BCUT2D eigenvalue weighted by Gasteiger charge is 1.99. The molecule has 0 aliphatic carbocycles. The molecular weight excluding hydrogens is 279 g/mol. The molecule has 0 radical (unpaired) electrons. The summed E-state index contributed by atoms with van der Waals surface area (Å²) in [6.07, 6.45) is 0. The molecule has 0 heterocycles. The number of hydrogen-bond donors (Lipinski definition) is 2. The van der Waals surface area contributed by atoms with E-state index in [1.54, 1.807) is 0 Å². The molecule has 13 heavy (non-hydrogen) atoms. The summed E-state index contributed by atoms with van der Waals surface area (Å²) in [4.78, 5) is 3.77. The van der Waals surface area contributed by atoms with E-state index in [-0.39, 0.29) is 27.2 Å². The lowest BCUT2D eigenvalue weighted by atomic mass is 10.3. The van der Waals surface area contributed by atoms with Crippen LogP contribution in [0.4, 0.5) is 10.1 Å². The van der Waals surface area contributed by atoms with Crippen molar-refractivity contribution in [1.82, 2.24) is 0 Å². The molecule has 0 unspecified atom stereocenters. The zero-order valence-electron chi connectivity index (χ0n) is 6.37. The van der Waals surface area contributed by atoms with Crippen LogP contribution in [-0.2, 0) is 0 Å². The van der Waals surface area contributed by atoms with Gasteiger partial charge in [0.25, 0.3) is 0 Å². The molecule has 1 aromatic rings. The van der Waals surface area contributed by atoms with Gasteiger partial charge >= 0.3 is 0 Å². The van der Waals surface area contributed by atoms with Crippen LogP contribution in [0.25, 0.3) is 0 Å². The van der Waals surface area contributed by atoms with Gasteiger partial charge in [-0.2, -0.15) is 0 Å². The summed E-state index contributed by atoms with van der Waals surface area (Å²) in [6, 6.07) is 4.06. The summed E-state index contributed by atoms with van der Waals surface area (Å²) in [5, 5.41) is 0.128. The summed E-state index contributed by atoms with van der Waals surface area (Å²) in [7, 11) is 0. The minimum atomic E-state index is -0.478. The zero-order chi connectivity index (χ0) is 9.14. The van der Waals surface area contributed by atoms with Gasteiger partial charge in [0, 0.05) is 0 Å². The van der Waals surface area contributed by atoms with Gasteiger partial charge in [-0.05, 0) is 18.2 Å². The van der Waals surface area contributed by atoms with Gasteiger partial charge in [-0.3, -0.25) is 0 Å². The molecular formula is C7H7BrClFN2S. The number of nitrogens with zero attached hydrogens (tertiary/aromatic N) is 1. The van der Waals surface area contributed by atoms with E-state index in [1.165, 1.54) is 18.2 Å². The molecule has 6 heteroatoms. The minimum Gasteiger partial charge on any atom is -0.378 e. The van der Waals surface area contributed by atoms with Crippen LogP contribution < -0.4 is 5.73 Å². The van der Waals surface area contributed by atoms with Crippen LogP contribution >= 0.6 is 41.2 Å². The molecule has 72 valence electrons. The first-order valence-corrected chi connectivity index (χ1v) is 3.90. The summed E-state index contributed by atoms with van der Waals surface area (Å²) < 4.78 is 12.6. The van der Waals surface area contributed by atoms with Crippen molar-refractivity contribution in [1.29, 1.82) is 0 Å². The van der Waals surface area contributed by atoms with Crippen molar-refractivity contribution in [2.45, 2.75) is 0 Å². The van der Waals surface area contributed by atoms with Gasteiger partial charge in [-0.15, -0.1) is 29.6 Å². The van der Waals surface area contributed by atoms with Gasteiger partial charge in [0.1, 0.15) is 5.82 Å². The molecule has 1 rings (SSSR count). The standard InChI is InChI=1S/C7H6ClFN2S.BrH/c8-5-3-4(11-7(10)12)1-2-6(5)9;/h1-3H,(H3,10,11,12);1H. The molecule has 0 aliphatic heterocycles. The van der Waals surface area contributed by atoms with Gasteiger partial charge in [0.15, 0.2) is 5.17 Å². The summed E-state index contributed by atoms with van der Waals surface area (Å²) in [6.45, 7) is 0. The first kappa shape index (κ1) is 12.7. The van der Waals surface area contributed by atoms with Crippen molar-refractivity contribution in [3.8, 4) is 0 Å². The van der Waals surface area contributed by atoms with E-state index in [9.17, 15) is 4.39 Å². The average molecular weight is 286 g/mol. The highest BCUT2D eigenvalue weighted by atomic mass is 79.9. The van der Waals surface area contributed by atoms with E-state index in [0.717, 1.165) is 0 Å². The average Bonchev–Trinajstić information content (AvgIpc) is 1.96. The molecule has 0 amide bonds. The van der Waals surface area contributed by atoms with Crippen LogP contribution in [-0.4, -0.2) is 5.17 Å². The Morgan fingerprint density at radius 2 is 2.15 bits per heavy atom. The Kier molecular flexibility index (Phi) is 5.36. The van der Waals surface area contributed by atoms with Crippen molar-refractivity contribution in [3.05, 3.63) is 29.0 Å². The number of benzene rings is 1. The van der Waals surface area contributed by atoms with Crippen LogP contribution in [0.1, 0.15) is 0 Å². The smallest absolute Gasteiger partial charge is 0.156 e. The van der Waals surface area contributed by atoms with Gasteiger partial charge in [0.2, 0.25) is 0 Å². The molecule has 0 spiro atoms. The fourth-order valence-corrected chi connectivity index (χ4v) is 0.977. The molecule has 1 aromatic carbocycles. The monoisotopic (exact) mass is 284 g/mol. The maximum Gasteiger partial charge on any atom is 0.156 e. The normalized spacial score (nSPS) is 10.8. The SMILES string of the molecule is Br.N/C(S)=N\c1ccc(F)c(Cl)c1. The third-order valence-corrected chi connectivity index (χ3v) is 1.54. The minimum absolute atomic E-state index is 0. The molecule has 0 aliphatic rings. The van der Waals surface area contributed by atoms with Gasteiger partial charge in [-0.25, -0.2) is 9.38 Å².